The van der Waals surface area contributed by atoms with Crippen LogP contribution < -0.4 is 0 Å². The van der Waals surface area contributed by atoms with E-state index in [0.717, 1.165) is 12.1 Å². The Kier molecular flexibility index (Phi) is 2.82. The van der Waals surface area contributed by atoms with Gasteiger partial charge in [0.15, 0.2) is 0 Å². The number of hydrogen-bond donors (Lipinski definition) is 1. The minimum Gasteiger partial charge on any atom is -0.387 e. The summed E-state index contributed by atoms with van der Waals surface area (Å²) in [6, 6.07) is 1.95. The van der Waals surface area contributed by atoms with Gasteiger partial charge in [-0.25, -0.2) is 0 Å². The Hall–Kier alpha value is -0.890. The Morgan fingerprint density at radius 3 is 2.58 bits per heavy atom. The molecule has 0 aliphatic heterocycles. The van der Waals surface area contributed by atoms with Gasteiger partial charge in [-0.3, -0.25) is 4.98 Å². The Labute approximate surface area is 73.3 Å². The molecule has 1 N–H and O–H groups in total. The second-order valence-corrected chi connectivity index (χ2v) is 3.12. The average molecular weight is 165 g/mol. The Morgan fingerprint density at radius 2 is 2.08 bits per heavy atom. The van der Waals surface area contributed by atoms with Gasteiger partial charge in [0.1, 0.15) is 0 Å². The number of aliphatic hydroxyl groups excluding tert-OH is 1. The lowest BCUT2D eigenvalue weighted by molar-refractivity contribution is 0.169. The second kappa shape index (κ2) is 3.68. The summed E-state index contributed by atoms with van der Waals surface area (Å²) >= 11 is 0. The van der Waals surface area contributed by atoms with E-state index in [0.29, 0.717) is 0 Å². The first-order valence-electron chi connectivity index (χ1n) is 4.26. The topological polar surface area (TPSA) is 33.1 Å². The van der Waals surface area contributed by atoms with Crippen LogP contribution in [-0.4, -0.2) is 10.1 Å². The van der Waals surface area contributed by atoms with Crippen molar-refractivity contribution in [3.63, 3.8) is 0 Å². The third-order valence-electron chi connectivity index (χ3n) is 2.12. The standard InChI is InChI=1S/C10H15NO/c1-4-10(12)9-5-7(2)8(3)6-11-9/h5-6,10,12H,4H2,1-3H3. The number of pyridine rings is 1. The SMILES string of the molecule is CCC(O)c1cc(C)c(C)cn1. The summed E-state index contributed by atoms with van der Waals surface area (Å²) in [5.74, 6) is 0. The lowest BCUT2D eigenvalue weighted by Gasteiger charge is -2.08. The van der Waals surface area contributed by atoms with Crippen LogP contribution in [0.5, 0.6) is 0 Å². The number of aryl methyl sites for hydroxylation is 2. The smallest absolute Gasteiger partial charge is 0.0957 e. The van der Waals surface area contributed by atoms with E-state index >= 15 is 0 Å². The lowest BCUT2D eigenvalue weighted by Crippen LogP contribution is -1.99. The molecule has 0 radical (unpaired) electrons. The summed E-state index contributed by atoms with van der Waals surface area (Å²) in [7, 11) is 0. The molecule has 0 amide bonds. The molecule has 1 unspecified atom stereocenters. The Balaban J connectivity index is 2.96. The molecule has 0 saturated heterocycles. The molecule has 1 heterocycles. The predicted octanol–water partition coefficient (Wildman–Crippen LogP) is 2.14. The van der Waals surface area contributed by atoms with E-state index in [1.54, 1.807) is 0 Å². The van der Waals surface area contributed by atoms with Crippen molar-refractivity contribution in [3.05, 3.63) is 29.1 Å². The van der Waals surface area contributed by atoms with Crippen LogP contribution >= 0.6 is 0 Å². The normalized spacial score (nSPS) is 13.0. The first-order chi connectivity index (χ1) is 5.65. The minimum absolute atomic E-state index is 0.413. The highest BCUT2D eigenvalue weighted by Crippen LogP contribution is 2.15. The molecular weight excluding hydrogens is 150 g/mol. The van der Waals surface area contributed by atoms with Crippen LogP contribution in [0.4, 0.5) is 0 Å². The van der Waals surface area contributed by atoms with Crippen molar-refractivity contribution < 1.29 is 5.11 Å². The first-order valence-corrected chi connectivity index (χ1v) is 4.26. The highest BCUT2D eigenvalue weighted by Gasteiger charge is 2.06. The minimum atomic E-state index is -0.413. The fraction of sp³-hybridized carbons (Fsp3) is 0.500. The lowest BCUT2D eigenvalue weighted by atomic mass is 10.1. The Morgan fingerprint density at radius 1 is 1.42 bits per heavy atom. The van der Waals surface area contributed by atoms with Crippen LogP contribution in [0.25, 0.3) is 0 Å². The van der Waals surface area contributed by atoms with E-state index in [9.17, 15) is 5.11 Å². The summed E-state index contributed by atoms with van der Waals surface area (Å²) < 4.78 is 0. The molecule has 0 aromatic carbocycles. The van der Waals surface area contributed by atoms with Gasteiger partial charge >= 0.3 is 0 Å². The molecule has 0 aliphatic carbocycles. The zero-order valence-corrected chi connectivity index (χ0v) is 7.83. The third kappa shape index (κ3) is 1.83. The van der Waals surface area contributed by atoms with Gasteiger partial charge in [-0.2, -0.15) is 0 Å². The quantitative estimate of drug-likeness (QED) is 0.728. The molecule has 2 nitrogen and oxygen atoms in total. The van der Waals surface area contributed by atoms with E-state index in [2.05, 4.69) is 4.98 Å². The van der Waals surface area contributed by atoms with Crippen LogP contribution in [0.1, 0.15) is 36.3 Å². The molecule has 1 aromatic rings. The zero-order chi connectivity index (χ0) is 9.14. The molecule has 1 aromatic heterocycles. The number of aromatic nitrogens is 1. The molecule has 0 fully saturated rings. The molecule has 0 spiro atoms. The van der Waals surface area contributed by atoms with Crippen LogP contribution in [0.15, 0.2) is 12.3 Å². The van der Waals surface area contributed by atoms with Gasteiger partial charge in [0.2, 0.25) is 0 Å². The Bertz CT molecular complexity index is 271. The van der Waals surface area contributed by atoms with E-state index in [-0.39, 0.29) is 0 Å². The van der Waals surface area contributed by atoms with Gasteiger partial charge in [0.25, 0.3) is 0 Å². The van der Waals surface area contributed by atoms with Crippen molar-refractivity contribution in [2.75, 3.05) is 0 Å². The predicted molar refractivity (Wildman–Crippen MR) is 49.0 cm³/mol. The maximum atomic E-state index is 9.48. The summed E-state index contributed by atoms with van der Waals surface area (Å²) in [6.07, 6.45) is 2.11. The second-order valence-electron chi connectivity index (χ2n) is 3.12. The van der Waals surface area contributed by atoms with Gasteiger partial charge < -0.3 is 5.11 Å². The molecule has 12 heavy (non-hydrogen) atoms. The van der Waals surface area contributed by atoms with Crippen LogP contribution in [0.3, 0.4) is 0 Å². The monoisotopic (exact) mass is 165 g/mol. The fourth-order valence-corrected chi connectivity index (χ4v) is 1.04. The highest BCUT2D eigenvalue weighted by molar-refractivity contribution is 5.24. The molecule has 1 rings (SSSR count). The largest absolute Gasteiger partial charge is 0.387 e. The van der Waals surface area contributed by atoms with E-state index < -0.39 is 6.10 Å². The van der Waals surface area contributed by atoms with Gasteiger partial charge in [-0.1, -0.05) is 6.92 Å². The zero-order valence-electron chi connectivity index (χ0n) is 7.83. The summed E-state index contributed by atoms with van der Waals surface area (Å²) in [4.78, 5) is 4.16. The van der Waals surface area contributed by atoms with Gasteiger partial charge in [-0.15, -0.1) is 0 Å². The first kappa shape index (κ1) is 9.20. The van der Waals surface area contributed by atoms with E-state index in [1.165, 1.54) is 11.1 Å². The van der Waals surface area contributed by atoms with Crippen molar-refractivity contribution in [2.24, 2.45) is 0 Å². The van der Waals surface area contributed by atoms with Gasteiger partial charge in [0, 0.05) is 6.20 Å². The maximum absolute atomic E-state index is 9.48. The summed E-state index contributed by atoms with van der Waals surface area (Å²) in [5.41, 5.74) is 3.13. The van der Waals surface area contributed by atoms with Crippen molar-refractivity contribution in [1.82, 2.24) is 4.98 Å². The summed E-state index contributed by atoms with van der Waals surface area (Å²) in [5, 5.41) is 9.48. The number of aliphatic hydroxyl groups is 1. The van der Waals surface area contributed by atoms with Crippen molar-refractivity contribution in [2.45, 2.75) is 33.3 Å². The van der Waals surface area contributed by atoms with Crippen molar-refractivity contribution in [1.29, 1.82) is 0 Å². The molecular formula is C10H15NO. The third-order valence-corrected chi connectivity index (χ3v) is 2.12. The van der Waals surface area contributed by atoms with Crippen molar-refractivity contribution >= 4 is 0 Å². The van der Waals surface area contributed by atoms with Crippen LogP contribution in [-0.2, 0) is 0 Å². The molecule has 0 saturated carbocycles. The van der Waals surface area contributed by atoms with Crippen molar-refractivity contribution in [3.8, 4) is 0 Å². The molecule has 1 atom stereocenters. The average Bonchev–Trinajstić information content (AvgIpc) is 2.08. The molecule has 2 heteroatoms. The number of hydrogen-bond acceptors (Lipinski definition) is 2. The number of nitrogens with zero attached hydrogens (tertiary/aromatic N) is 1. The maximum Gasteiger partial charge on any atom is 0.0957 e. The number of rotatable bonds is 2. The van der Waals surface area contributed by atoms with Crippen LogP contribution in [0.2, 0.25) is 0 Å². The molecule has 0 aliphatic rings. The molecule has 0 bridgehead atoms. The van der Waals surface area contributed by atoms with Crippen LogP contribution in [0, 0.1) is 13.8 Å². The van der Waals surface area contributed by atoms with Gasteiger partial charge in [0.05, 0.1) is 11.8 Å². The van der Waals surface area contributed by atoms with E-state index in [1.807, 2.05) is 33.0 Å². The molecule has 66 valence electrons. The van der Waals surface area contributed by atoms with E-state index in [4.69, 9.17) is 0 Å². The highest BCUT2D eigenvalue weighted by atomic mass is 16.3. The van der Waals surface area contributed by atoms with Gasteiger partial charge in [-0.05, 0) is 37.5 Å². The fourth-order valence-electron chi connectivity index (χ4n) is 1.04. The summed E-state index contributed by atoms with van der Waals surface area (Å²) in [6.45, 7) is 5.99.